The minimum absolute atomic E-state index is 0.115. The second-order valence-electron chi connectivity index (χ2n) is 5.81. The molecule has 0 radical (unpaired) electrons. The molecule has 142 valence electrons. The van der Waals surface area contributed by atoms with Gasteiger partial charge in [0.2, 0.25) is 10.0 Å². The lowest BCUT2D eigenvalue weighted by atomic mass is 10.1. The van der Waals surface area contributed by atoms with Crippen molar-refractivity contribution in [3.05, 3.63) is 72.1 Å². The van der Waals surface area contributed by atoms with E-state index < -0.39 is 10.0 Å². The molecule has 0 aliphatic rings. The van der Waals surface area contributed by atoms with Crippen molar-refractivity contribution in [1.82, 2.24) is 14.5 Å². The number of methoxy groups -OCH3 is 2. The average molecular weight is 387 g/mol. The maximum Gasteiger partial charge on any atom is 0.241 e. The molecule has 0 unspecified atom stereocenters. The highest BCUT2D eigenvalue weighted by molar-refractivity contribution is 7.89. The molecule has 0 aliphatic carbocycles. The maximum atomic E-state index is 12.7. The van der Waals surface area contributed by atoms with E-state index in [2.05, 4.69) is 9.82 Å². The largest absolute Gasteiger partial charge is 0.493 e. The minimum atomic E-state index is -3.70. The van der Waals surface area contributed by atoms with E-state index in [1.165, 1.54) is 26.4 Å². The van der Waals surface area contributed by atoms with Gasteiger partial charge in [0.05, 0.1) is 25.7 Å². The maximum absolute atomic E-state index is 12.7. The Labute approximate surface area is 158 Å². The first-order valence-electron chi connectivity index (χ1n) is 8.29. The summed E-state index contributed by atoms with van der Waals surface area (Å²) in [6, 6.07) is 14.0. The van der Waals surface area contributed by atoms with E-state index in [0.29, 0.717) is 18.0 Å². The number of aromatic nitrogens is 2. The molecule has 3 rings (SSSR count). The predicted octanol–water partition coefficient (Wildman–Crippen LogP) is 2.43. The second kappa shape index (κ2) is 8.24. The van der Waals surface area contributed by atoms with E-state index in [1.54, 1.807) is 16.9 Å². The number of sulfonamides is 1. The Morgan fingerprint density at radius 2 is 1.74 bits per heavy atom. The van der Waals surface area contributed by atoms with Crippen LogP contribution < -0.4 is 14.2 Å². The molecule has 1 heterocycles. The van der Waals surface area contributed by atoms with E-state index in [-0.39, 0.29) is 11.4 Å². The van der Waals surface area contributed by atoms with Crippen molar-refractivity contribution >= 4 is 10.0 Å². The zero-order valence-electron chi connectivity index (χ0n) is 15.1. The van der Waals surface area contributed by atoms with Gasteiger partial charge in [-0.3, -0.25) is 4.68 Å². The summed E-state index contributed by atoms with van der Waals surface area (Å²) in [5.41, 5.74) is 1.88. The van der Waals surface area contributed by atoms with Gasteiger partial charge in [0.1, 0.15) is 0 Å². The number of nitrogens with zero attached hydrogens (tertiary/aromatic N) is 2. The summed E-state index contributed by atoms with van der Waals surface area (Å²) in [7, 11) is -0.737. The van der Waals surface area contributed by atoms with Crippen LogP contribution in [0.2, 0.25) is 0 Å². The van der Waals surface area contributed by atoms with Crippen LogP contribution in [0.5, 0.6) is 11.5 Å². The van der Waals surface area contributed by atoms with Crippen LogP contribution in [0.25, 0.3) is 0 Å². The molecule has 0 fully saturated rings. The molecule has 3 aromatic rings. The Morgan fingerprint density at radius 1 is 1.00 bits per heavy atom. The molecule has 0 spiro atoms. The molecule has 1 aromatic heterocycles. The predicted molar refractivity (Wildman–Crippen MR) is 101 cm³/mol. The van der Waals surface area contributed by atoms with Gasteiger partial charge in [-0.05, 0) is 29.3 Å². The van der Waals surface area contributed by atoms with Crippen molar-refractivity contribution in [2.24, 2.45) is 0 Å². The lowest BCUT2D eigenvalue weighted by molar-refractivity contribution is 0.354. The number of rotatable bonds is 8. The zero-order chi connectivity index (χ0) is 19.3. The number of ether oxygens (including phenoxy) is 2. The monoisotopic (exact) mass is 387 g/mol. The SMILES string of the molecule is COc1ccc(S(=O)(=O)NCc2ccccc2Cn2cccn2)cc1OC. The molecule has 0 atom stereocenters. The van der Waals surface area contributed by atoms with Crippen LogP contribution in [-0.2, 0) is 23.1 Å². The van der Waals surface area contributed by atoms with Gasteiger partial charge in [0.25, 0.3) is 0 Å². The van der Waals surface area contributed by atoms with Crippen molar-refractivity contribution in [2.75, 3.05) is 14.2 Å². The van der Waals surface area contributed by atoms with Crippen molar-refractivity contribution in [2.45, 2.75) is 18.0 Å². The molecular weight excluding hydrogens is 366 g/mol. The first kappa shape index (κ1) is 18.9. The van der Waals surface area contributed by atoms with Crippen LogP contribution in [0.3, 0.4) is 0 Å². The second-order valence-corrected chi connectivity index (χ2v) is 7.58. The summed E-state index contributed by atoms with van der Waals surface area (Å²) >= 11 is 0. The van der Waals surface area contributed by atoms with Gasteiger partial charge in [-0.25, -0.2) is 13.1 Å². The molecule has 0 amide bonds. The Balaban J connectivity index is 1.78. The van der Waals surface area contributed by atoms with Crippen LogP contribution in [0, 0.1) is 0 Å². The molecule has 27 heavy (non-hydrogen) atoms. The molecule has 0 bridgehead atoms. The van der Waals surface area contributed by atoms with Crippen LogP contribution in [0.4, 0.5) is 0 Å². The Kier molecular flexibility index (Phi) is 5.78. The fourth-order valence-electron chi connectivity index (χ4n) is 2.69. The van der Waals surface area contributed by atoms with E-state index >= 15 is 0 Å². The van der Waals surface area contributed by atoms with Crippen molar-refractivity contribution in [3.8, 4) is 11.5 Å². The van der Waals surface area contributed by atoms with Gasteiger partial charge in [0.15, 0.2) is 11.5 Å². The zero-order valence-corrected chi connectivity index (χ0v) is 15.9. The lowest BCUT2D eigenvalue weighted by Crippen LogP contribution is -2.24. The topological polar surface area (TPSA) is 82.5 Å². The molecule has 0 aliphatic heterocycles. The molecule has 0 saturated carbocycles. The van der Waals surface area contributed by atoms with Gasteiger partial charge in [-0.15, -0.1) is 0 Å². The van der Waals surface area contributed by atoms with Crippen molar-refractivity contribution in [1.29, 1.82) is 0 Å². The molecular formula is C19H21N3O4S. The third-order valence-corrected chi connectivity index (χ3v) is 5.53. The third-order valence-electron chi connectivity index (χ3n) is 4.13. The van der Waals surface area contributed by atoms with Gasteiger partial charge in [0, 0.05) is 25.0 Å². The highest BCUT2D eigenvalue weighted by atomic mass is 32.2. The lowest BCUT2D eigenvalue weighted by Gasteiger charge is -2.13. The number of benzene rings is 2. The molecule has 8 heteroatoms. The van der Waals surface area contributed by atoms with E-state index in [9.17, 15) is 8.42 Å². The minimum Gasteiger partial charge on any atom is -0.493 e. The smallest absolute Gasteiger partial charge is 0.241 e. The Morgan fingerprint density at radius 3 is 2.41 bits per heavy atom. The van der Waals surface area contributed by atoms with Crippen LogP contribution in [0.15, 0.2) is 65.8 Å². The molecule has 1 N–H and O–H groups in total. The number of hydrogen-bond acceptors (Lipinski definition) is 5. The summed E-state index contributed by atoms with van der Waals surface area (Å²) in [4.78, 5) is 0.115. The summed E-state index contributed by atoms with van der Waals surface area (Å²) < 4.78 is 40.1. The summed E-state index contributed by atoms with van der Waals surface area (Å²) in [5, 5.41) is 4.20. The normalized spacial score (nSPS) is 11.3. The van der Waals surface area contributed by atoms with Gasteiger partial charge >= 0.3 is 0 Å². The third kappa shape index (κ3) is 4.47. The fourth-order valence-corrected chi connectivity index (χ4v) is 3.71. The summed E-state index contributed by atoms with van der Waals surface area (Å²) in [6.07, 6.45) is 3.58. The summed E-state index contributed by atoms with van der Waals surface area (Å²) in [6.45, 7) is 0.745. The molecule has 2 aromatic carbocycles. The van der Waals surface area contributed by atoms with E-state index in [4.69, 9.17) is 9.47 Å². The first-order valence-corrected chi connectivity index (χ1v) is 9.77. The molecule has 7 nitrogen and oxygen atoms in total. The van der Waals surface area contributed by atoms with Gasteiger partial charge < -0.3 is 9.47 Å². The number of hydrogen-bond donors (Lipinski definition) is 1. The van der Waals surface area contributed by atoms with E-state index in [1.807, 2.05) is 36.5 Å². The standard InChI is InChI=1S/C19H21N3O4S/c1-25-18-9-8-17(12-19(18)26-2)27(23,24)21-13-15-6-3-4-7-16(15)14-22-11-5-10-20-22/h3-12,21H,13-14H2,1-2H3. The number of nitrogens with one attached hydrogen (secondary N) is 1. The highest BCUT2D eigenvalue weighted by Crippen LogP contribution is 2.29. The fraction of sp³-hybridized carbons (Fsp3) is 0.211. The summed E-state index contributed by atoms with van der Waals surface area (Å²) in [5.74, 6) is 0.834. The van der Waals surface area contributed by atoms with Crippen molar-refractivity contribution < 1.29 is 17.9 Å². The van der Waals surface area contributed by atoms with Crippen LogP contribution in [-0.4, -0.2) is 32.4 Å². The first-order chi connectivity index (χ1) is 13.0. The highest BCUT2D eigenvalue weighted by Gasteiger charge is 2.17. The molecule has 0 saturated heterocycles. The van der Waals surface area contributed by atoms with Crippen LogP contribution in [0.1, 0.15) is 11.1 Å². The van der Waals surface area contributed by atoms with Crippen LogP contribution >= 0.6 is 0 Å². The average Bonchev–Trinajstić information content (AvgIpc) is 3.20. The van der Waals surface area contributed by atoms with E-state index in [0.717, 1.165) is 11.1 Å². The quantitative estimate of drug-likeness (QED) is 0.642. The van der Waals surface area contributed by atoms with Gasteiger partial charge in [-0.1, -0.05) is 24.3 Å². The van der Waals surface area contributed by atoms with Crippen molar-refractivity contribution in [3.63, 3.8) is 0 Å². The Hall–Kier alpha value is -2.84. The van der Waals surface area contributed by atoms with Gasteiger partial charge in [-0.2, -0.15) is 5.10 Å². The Bertz CT molecular complexity index is 1000.